The molecule has 3 aromatic rings. The maximum Gasteiger partial charge on any atom is 0.228 e. The van der Waals surface area contributed by atoms with Gasteiger partial charge in [0.15, 0.2) is 11.3 Å². The summed E-state index contributed by atoms with van der Waals surface area (Å²) in [5.41, 5.74) is 3.96. The molecule has 2 N–H and O–H groups in total. The van der Waals surface area contributed by atoms with Gasteiger partial charge in [-0.1, -0.05) is 11.2 Å². The van der Waals surface area contributed by atoms with Gasteiger partial charge < -0.3 is 19.6 Å². The fourth-order valence-corrected chi connectivity index (χ4v) is 2.85. The summed E-state index contributed by atoms with van der Waals surface area (Å²) in [4.78, 5) is 19.9. The second kappa shape index (κ2) is 7.58. The zero-order chi connectivity index (χ0) is 17.8. The van der Waals surface area contributed by atoms with Gasteiger partial charge in [0.25, 0.3) is 0 Å². The van der Waals surface area contributed by atoms with E-state index in [1.165, 1.54) is 0 Å². The Kier molecular flexibility index (Phi) is 5.25. The minimum Gasteiger partial charge on any atom is -0.377 e. The number of aromatic amines is 1. The quantitative estimate of drug-likeness (QED) is 0.638. The molecule has 1 aromatic carbocycles. The Morgan fingerprint density at radius 1 is 1.28 bits per heavy atom. The molecule has 132 valence electrons. The largest absolute Gasteiger partial charge is 0.377 e. The Labute approximate surface area is 145 Å². The lowest BCUT2D eigenvalue weighted by Gasteiger charge is -2.08. The van der Waals surface area contributed by atoms with Crippen LogP contribution in [0.4, 0.5) is 0 Å². The lowest BCUT2D eigenvalue weighted by Crippen LogP contribution is -2.19. The molecule has 0 aliphatic rings. The molecule has 0 unspecified atom stereocenters. The predicted molar refractivity (Wildman–Crippen MR) is 94.5 cm³/mol. The zero-order valence-electron chi connectivity index (χ0n) is 14.7. The third-order valence-electron chi connectivity index (χ3n) is 3.95. The molecule has 7 nitrogen and oxygen atoms in total. The number of H-pyrrole nitrogens is 1. The molecule has 0 saturated carbocycles. The van der Waals surface area contributed by atoms with Gasteiger partial charge in [0.2, 0.25) is 5.89 Å². The van der Waals surface area contributed by atoms with Gasteiger partial charge in [-0.15, -0.1) is 0 Å². The first-order valence-corrected chi connectivity index (χ1v) is 8.21. The number of hydrogen-bond donors (Lipinski definition) is 2. The van der Waals surface area contributed by atoms with Crippen molar-refractivity contribution < 1.29 is 9.26 Å². The summed E-state index contributed by atoms with van der Waals surface area (Å²) >= 11 is 0. The number of fused-ring (bicyclic) bond motifs is 1. The van der Waals surface area contributed by atoms with Crippen molar-refractivity contribution in [1.29, 1.82) is 0 Å². The Morgan fingerprint density at radius 3 is 2.92 bits per heavy atom. The third kappa shape index (κ3) is 4.12. The second-order valence-corrected chi connectivity index (χ2v) is 6.13. The molecule has 0 radical (unpaired) electrons. The van der Waals surface area contributed by atoms with Gasteiger partial charge in [0.1, 0.15) is 6.61 Å². The minimum atomic E-state index is 0.0402. The SMILES string of the molecule is COCc1noc(CCNCc2cc(=O)c3cc(C)cc(C)c3[nH]2)n1. The number of methoxy groups -OCH3 is 1. The molecular weight excluding hydrogens is 320 g/mol. The molecule has 2 heterocycles. The first-order valence-electron chi connectivity index (χ1n) is 8.21. The highest BCUT2D eigenvalue weighted by Gasteiger charge is 2.07. The maximum atomic E-state index is 12.3. The topological polar surface area (TPSA) is 93.0 Å². The number of nitrogens with one attached hydrogen (secondary N) is 2. The molecule has 2 aromatic heterocycles. The van der Waals surface area contributed by atoms with Crippen LogP contribution >= 0.6 is 0 Å². The molecule has 0 bridgehead atoms. The molecular formula is C18H22N4O3. The summed E-state index contributed by atoms with van der Waals surface area (Å²) in [6.07, 6.45) is 0.618. The van der Waals surface area contributed by atoms with Crippen LogP contribution in [0.2, 0.25) is 0 Å². The van der Waals surface area contributed by atoms with Gasteiger partial charge in [0, 0.05) is 43.8 Å². The van der Waals surface area contributed by atoms with Crippen LogP contribution in [0.1, 0.15) is 28.5 Å². The first kappa shape index (κ1) is 17.3. The van der Waals surface area contributed by atoms with Crippen molar-refractivity contribution in [3.63, 3.8) is 0 Å². The van der Waals surface area contributed by atoms with Gasteiger partial charge in [-0.05, 0) is 31.0 Å². The van der Waals surface area contributed by atoms with E-state index in [2.05, 4.69) is 26.5 Å². The van der Waals surface area contributed by atoms with Gasteiger partial charge in [0.05, 0.1) is 5.52 Å². The van der Waals surface area contributed by atoms with E-state index in [1.54, 1.807) is 13.2 Å². The molecule has 25 heavy (non-hydrogen) atoms. The van der Waals surface area contributed by atoms with Crippen molar-refractivity contribution in [2.75, 3.05) is 13.7 Å². The number of pyridine rings is 1. The fraction of sp³-hybridized carbons (Fsp3) is 0.389. The normalized spacial score (nSPS) is 11.3. The minimum absolute atomic E-state index is 0.0402. The van der Waals surface area contributed by atoms with Crippen molar-refractivity contribution in [3.05, 3.63) is 57.0 Å². The van der Waals surface area contributed by atoms with E-state index in [-0.39, 0.29) is 5.43 Å². The Morgan fingerprint density at radius 2 is 2.12 bits per heavy atom. The molecule has 3 rings (SSSR count). The van der Waals surface area contributed by atoms with Gasteiger partial charge >= 0.3 is 0 Å². The molecule has 0 aliphatic carbocycles. The monoisotopic (exact) mass is 342 g/mol. The average molecular weight is 342 g/mol. The Bertz CT molecular complexity index is 930. The van der Waals surface area contributed by atoms with Gasteiger partial charge in [-0.25, -0.2) is 0 Å². The number of hydrogen-bond acceptors (Lipinski definition) is 6. The highest BCUT2D eigenvalue weighted by atomic mass is 16.5. The predicted octanol–water partition coefficient (Wildman–Crippen LogP) is 2.01. The lowest BCUT2D eigenvalue weighted by atomic mass is 10.1. The fourth-order valence-electron chi connectivity index (χ4n) is 2.85. The standard InChI is InChI=1S/C18H22N4O3/c1-11-6-12(2)18-14(7-11)15(23)8-13(20-18)9-19-5-4-17-21-16(10-24-3)22-25-17/h6-8,19H,4-5,9-10H2,1-3H3,(H,20,23). The van der Waals surface area contributed by atoms with Gasteiger partial charge in [-0.2, -0.15) is 4.98 Å². The van der Waals surface area contributed by atoms with Crippen LogP contribution in [0.25, 0.3) is 10.9 Å². The summed E-state index contributed by atoms with van der Waals surface area (Å²) in [7, 11) is 1.59. The average Bonchev–Trinajstić information content (AvgIpc) is 3.01. The highest BCUT2D eigenvalue weighted by molar-refractivity contribution is 5.82. The van der Waals surface area contributed by atoms with Crippen molar-refractivity contribution in [1.82, 2.24) is 20.4 Å². The van der Waals surface area contributed by atoms with Crippen molar-refractivity contribution in [2.45, 2.75) is 33.4 Å². The first-order chi connectivity index (χ1) is 12.1. The summed E-state index contributed by atoms with van der Waals surface area (Å²) < 4.78 is 10.1. The van der Waals surface area contributed by atoms with Crippen molar-refractivity contribution >= 4 is 10.9 Å². The number of ether oxygens (including phenoxy) is 1. The van der Waals surface area contributed by atoms with Crippen LogP contribution in [-0.4, -0.2) is 28.8 Å². The van der Waals surface area contributed by atoms with E-state index in [1.807, 2.05) is 19.9 Å². The summed E-state index contributed by atoms with van der Waals surface area (Å²) in [6.45, 7) is 5.58. The van der Waals surface area contributed by atoms with E-state index >= 15 is 0 Å². The molecule has 0 fully saturated rings. The molecule has 0 spiro atoms. The van der Waals surface area contributed by atoms with Crippen LogP contribution in [0.5, 0.6) is 0 Å². The van der Waals surface area contributed by atoms with Crippen LogP contribution < -0.4 is 10.7 Å². The summed E-state index contributed by atoms with van der Waals surface area (Å²) in [6, 6.07) is 5.64. The number of aryl methyl sites for hydroxylation is 2. The Hall–Kier alpha value is -2.51. The Balaban J connectivity index is 1.62. The summed E-state index contributed by atoms with van der Waals surface area (Å²) in [5, 5.41) is 7.84. The zero-order valence-corrected chi connectivity index (χ0v) is 14.7. The number of aromatic nitrogens is 3. The lowest BCUT2D eigenvalue weighted by molar-refractivity contribution is 0.174. The number of nitrogens with zero attached hydrogens (tertiary/aromatic N) is 2. The van der Waals surface area contributed by atoms with E-state index in [0.717, 1.165) is 27.7 Å². The van der Waals surface area contributed by atoms with E-state index in [4.69, 9.17) is 9.26 Å². The van der Waals surface area contributed by atoms with E-state index in [0.29, 0.717) is 37.8 Å². The van der Waals surface area contributed by atoms with Crippen molar-refractivity contribution in [2.24, 2.45) is 0 Å². The highest BCUT2D eigenvalue weighted by Crippen LogP contribution is 2.16. The molecule has 7 heteroatoms. The van der Waals surface area contributed by atoms with Crippen molar-refractivity contribution in [3.8, 4) is 0 Å². The third-order valence-corrected chi connectivity index (χ3v) is 3.95. The molecule has 0 amide bonds. The molecule has 0 saturated heterocycles. The van der Waals surface area contributed by atoms with Crippen LogP contribution in [-0.2, 0) is 24.3 Å². The summed E-state index contributed by atoms with van der Waals surface area (Å²) in [5.74, 6) is 1.11. The number of rotatable bonds is 7. The van der Waals surface area contributed by atoms with Crippen LogP contribution in [0.3, 0.4) is 0 Å². The van der Waals surface area contributed by atoms with Crippen LogP contribution in [0.15, 0.2) is 27.5 Å². The van der Waals surface area contributed by atoms with E-state index < -0.39 is 0 Å². The van der Waals surface area contributed by atoms with Crippen LogP contribution in [0, 0.1) is 13.8 Å². The van der Waals surface area contributed by atoms with E-state index in [9.17, 15) is 4.79 Å². The van der Waals surface area contributed by atoms with Gasteiger partial charge in [-0.3, -0.25) is 4.79 Å². The molecule has 0 aliphatic heterocycles. The maximum absolute atomic E-state index is 12.3. The second-order valence-electron chi connectivity index (χ2n) is 6.13. The number of benzene rings is 1. The molecule has 0 atom stereocenters. The smallest absolute Gasteiger partial charge is 0.228 e.